The van der Waals surface area contributed by atoms with Crippen molar-refractivity contribution in [2.45, 2.75) is 6.92 Å². The number of nitrogens with zero attached hydrogens (tertiary/aromatic N) is 4. The van der Waals surface area contributed by atoms with Crippen LogP contribution in [-0.4, -0.2) is 22.4 Å². The van der Waals surface area contributed by atoms with E-state index < -0.39 is 0 Å². The molecule has 0 unspecified atom stereocenters. The topological polar surface area (TPSA) is 55.7 Å². The summed E-state index contributed by atoms with van der Waals surface area (Å²) in [5, 5.41) is 7.72. The van der Waals surface area contributed by atoms with E-state index in [-0.39, 0.29) is 0 Å². The van der Waals surface area contributed by atoms with E-state index in [1.165, 1.54) is 11.3 Å². The fourth-order valence-corrected chi connectivity index (χ4v) is 3.39. The lowest BCUT2D eigenvalue weighted by Crippen LogP contribution is -2.12. The minimum absolute atomic E-state index is 0.560. The normalized spacial score (nSPS) is 12.3. The summed E-state index contributed by atoms with van der Waals surface area (Å²) < 4.78 is 7.84. The second-order valence-electron chi connectivity index (χ2n) is 6.16. The molecule has 3 heterocycles. The third-order valence-corrected chi connectivity index (χ3v) is 4.73. The lowest BCUT2D eigenvalue weighted by Gasteiger charge is -2.00. The molecular weight excluding hydrogens is 356 g/mol. The average molecular weight is 374 g/mol. The molecule has 0 aliphatic carbocycles. The Morgan fingerprint density at radius 3 is 2.85 bits per heavy atom. The fourth-order valence-electron chi connectivity index (χ4n) is 2.57. The predicted molar refractivity (Wildman–Crippen MR) is 110 cm³/mol. The van der Waals surface area contributed by atoms with Gasteiger partial charge in [0, 0.05) is 23.2 Å². The average Bonchev–Trinajstić information content (AvgIpc) is 3.29. The number of benzene rings is 1. The van der Waals surface area contributed by atoms with Gasteiger partial charge in [0.1, 0.15) is 11.3 Å². The van der Waals surface area contributed by atoms with E-state index in [1.54, 1.807) is 18.6 Å². The summed E-state index contributed by atoms with van der Waals surface area (Å²) in [6.45, 7) is 6.45. The van der Waals surface area contributed by atoms with Gasteiger partial charge in [0.05, 0.1) is 12.8 Å². The molecular formula is C21H18N4OS. The van der Waals surface area contributed by atoms with Crippen molar-refractivity contribution in [3.63, 3.8) is 0 Å². The third-order valence-electron chi connectivity index (χ3n) is 3.88. The van der Waals surface area contributed by atoms with Crippen molar-refractivity contribution in [1.82, 2.24) is 9.66 Å². The number of pyridine rings is 1. The van der Waals surface area contributed by atoms with Gasteiger partial charge in [-0.05, 0) is 36.8 Å². The highest BCUT2D eigenvalue weighted by atomic mass is 32.1. The summed E-state index contributed by atoms with van der Waals surface area (Å²) in [6, 6.07) is 13.8. The monoisotopic (exact) mass is 374 g/mol. The van der Waals surface area contributed by atoms with Gasteiger partial charge in [-0.15, -0.1) is 11.3 Å². The lowest BCUT2D eigenvalue weighted by atomic mass is 10.2. The molecule has 0 atom stereocenters. The predicted octanol–water partition coefficient (Wildman–Crippen LogP) is 4.72. The van der Waals surface area contributed by atoms with Crippen molar-refractivity contribution >= 4 is 28.5 Å². The van der Waals surface area contributed by atoms with E-state index in [2.05, 4.69) is 21.7 Å². The highest BCUT2D eigenvalue weighted by Gasteiger charge is 2.12. The Morgan fingerprint density at radius 2 is 2.07 bits per heavy atom. The summed E-state index contributed by atoms with van der Waals surface area (Å²) in [4.78, 5) is 9.46. The first-order valence-corrected chi connectivity index (χ1v) is 9.37. The maximum atomic E-state index is 6.03. The number of para-hydroxylation sites is 1. The van der Waals surface area contributed by atoms with Gasteiger partial charge < -0.3 is 4.42 Å². The maximum Gasteiger partial charge on any atom is 0.206 e. The van der Waals surface area contributed by atoms with Crippen LogP contribution in [0.2, 0.25) is 0 Å². The number of aromatic nitrogens is 2. The van der Waals surface area contributed by atoms with E-state index >= 15 is 0 Å². The van der Waals surface area contributed by atoms with E-state index in [9.17, 15) is 0 Å². The van der Waals surface area contributed by atoms with Gasteiger partial charge in [0.25, 0.3) is 0 Å². The molecule has 27 heavy (non-hydrogen) atoms. The van der Waals surface area contributed by atoms with Crippen molar-refractivity contribution in [3.05, 3.63) is 82.8 Å². The number of thiazole rings is 1. The molecule has 0 saturated heterocycles. The van der Waals surface area contributed by atoms with E-state index in [1.807, 2.05) is 59.4 Å². The first-order valence-electron chi connectivity index (χ1n) is 8.49. The van der Waals surface area contributed by atoms with Crippen LogP contribution in [0.15, 0.2) is 86.9 Å². The molecule has 0 aliphatic rings. The number of fused-ring (bicyclic) bond motifs is 1. The van der Waals surface area contributed by atoms with Crippen molar-refractivity contribution in [3.8, 4) is 11.5 Å². The van der Waals surface area contributed by atoms with Gasteiger partial charge in [-0.1, -0.05) is 30.4 Å². The largest absolute Gasteiger partial charge is 0.454 e. The van der Waals surface area contributed by atoms with Crippen LogP contribution in [0, 0.1) is 0 Å². The molecule has 0 amide bonds. The van der Waals surface area contributed by atoms with Gasteiger partial charge >= 0.3 is 0 Å². The van der Waals surface area contributed by atoms with Crippen molar-refractivity contribution in [2.24, 2.45) is 10.1 Å². The Balaban J connectivity index is 1.82. The molecule has 134 valence electrons. The zero-order valence-corrected chi connectivity index (χ0v) is 15.7. The molecule has 0 N–H and O–H groups in total. The van der Waals surface area contributed by atoms with E-state index in [0.29, 0.717) is 6.54 Å². The van der Waals surface area contributed by atoms with Crippen molar-refractivity contribution < 1.29 is 4.42 Å². The molecule has 0 aliphatic heterocycles. The molecule has 4 aromatic rings. The third kappa shape index (κ3) is 3.80. The highest BCUT2D eigenvalue weighted by Crippen LogP contribution is 2.28. The number of furan rings is 1. The molecule has 0 spiro atoms. The van der Waals surface area contributed by atoms with E-state index in [4.69, 9.17) is 4.42 Å². The number of hydrogen-bond donors (Lipinski definition) is 0. The highest BCUT2D eigenvalue weighted by molar-refractivity contribution is 7.07. The van der Waals surface area contributed by atoms with E-state index in [0.717, 1.165) is 38.4 Å². The molecule has 0 fully saturated rings. The second kappa shape index (κ2) is 7.55. The first kappa shape index (κ1) is 17.2. The minimum Gasteiger partial charge on any atom is -0.454 e. The number of hydrogen-bond acceptors (Lipinski definition) is 5. The van der Waals surface area contributed by atoms with Gasteiger partial charge in [0.2, 0.25) is 4.80 Å². The molecule has 0 bridgehead atoms. The Labute approximate surface area is 160 Å². The molecule has 6 heteroatoms. The van der Waals surface area contributed by atoms with Gasteiger partial charge in [-0.3, -0.25) is 9.98 Å². The minimum atomic E-state index is 0.560. The summed E-state index contributed by atoms with van der Waals surface area (Å²) in [5.74, 6) is 0.760. The molecule has 4 rings (SSSR count). The number of rotatable bonds is 5. The Bertz CT molecular complexity index is 1150. The van der Waals surface area contributed by atoms with Gasteiger partial charge in [-0.2, -0.15) is 5.10 Å². The van der Waals surface area contributed by atoms with Crippen molar-refractivity contribution in [2.75, 3.05) is 6.54 Å². The van der Waals surface area contributed by atoms with Crippen molar-refractivity contribution in [1.29, 1.82) is 0 Å². The fraction of sp³-hybridized carbons (Fsp3) is 0.0952. The van der Waals surface area contributed by atoms with Crippen LogP contribution >= 0.6 is 11.3 Å². The first-order chi connectivity index (χ1) is 13.2. The second-order valence-corrected chi connectivity index (χ2v) is 7.00. The van der Waals surface area contributed by atoms with Crippen LogP contribution in [0.1, 0.15) is 12.5 Å². The summed E-state index contributed by atoms with van der Waals surface area (Å²) in [7, 11) is 0. The van der Waals surface area contributed by atoms with Crippen LogP contribution < -0.4 is 4.80 Å². The smallest absolute Gasteiger partial charge is 0.206 e. The van der Waals surface area contributed by atoms with Crippen LogP contribution in [0.4, 0.5) is 0 Å². The van der Waals surface area contributed by atoms with Gasteiger partial charge in [-0.25, -0.2) is 4.68 Å². The Kier molecular flexibility index (Phi) is 4.80. The summed E-state index contributed by atoms with van der Waals surface area (Å²) in [6.07, 6.45) is 5.28. The molecule has 0 radical (unpaired) electrons. The van der Waals surface area contributed by atoms with Crippen LogP contribution in [0.5, 0.6) is 0 Å². The summed E-state index contributed by atoms with van der Waals surface area (Å²) >= 11 is 1.53. The Hall–Kier alpha value is -3.25. The quantitative estimate of drug-likeness (QED) is 0.375. The Morgan fingerprint density at radius 1 is 1.26 bits per heavy atom. The molecule has 0 saturated carbocycles. The lowest BCUT2D eigenvalue weighted by molar-refractivity contribution is 0.621. The zero-order chi connectivity index (χ0) is 18.6. The standard InChI is InChI=1S/C21H18N4OS/c1-15(2)12-23-21-25(24-13-16-7-9-22-10-8-16)18(14-27-21)20-11-17-5-3-4-6-19(17)26-20/h3-11,13-14H,1,12H2,2H3. The maximum absolute atomic E-state index is 6.03. The van der Waals surface area contributed by atoms with Crippen LogP contribution in [-0.2, 0) is 0 Å². The van der Waals surface area contributed by atoms with Gasteiger partial charge in [0.15, 0.2) is 5.76 Å². The molecule has 5 nitrogen and oxygen atoms in total. The zero-order valence-electron chi connectivity index (χ0n) is 14.9. The molecule has 1 aromatic carbocycles. The molecule has 3 aromatic heterocycles. The SMILES string of the molecule is C=C(C)CN=c1scc(-c2cc3ccccc3o2)n1N=Cc1ccncc1. The van der Waals surface area contributed by atoms with Crippen LogP contribution in [0.3, 0.4) is 0 Å². The van der Waals surface area contributed by atoms with Crippen LogP contribution in [0.25, 0.3) is 22.4 Å². The summed E-state index contributed by atoms with van der Waals surface area (Å²) in [5.41, 5.74) is 3.68.